The molecule has 20 heavy (non-hydrogen) atoms. The second kappa shape index (κ2) is 5.76. The number of pyridine rings is 1. The molecule has 2 fully saturated rings. The average Bonchev–Trinajstić information content (AvgIpc) is 2.93. The molecule has 1 aromatic heterocycles. The fourth-order valence-electron chi connectivity index (χ4n) is 2.87. The number of primary amides is 1. The number of aromatic nitrogens is 1. The SMILES string of the molecule is NC(=O)c1ccc(NCC2CN3CCCC3CO2)nc1. The van der Waals surface area contributed by atoms with Crippen LogP contribution < -0.4 is 11.1 Å². The number of amides is 1. The van der Waals surface area contributed by atoms with Gasteiger partial charge < -0.3 is 15.8 Å². The Hall–Kier alpha value is -1.66. The molecule has 0 bridgehead atoms. The largest absolute Gasteiger partial charge is 0.373 e. The first kappa shape index (κ1) is 13.3. The maximum Gasteiger partial charge on any atom is 0.250 e. The molecule has 0 aromatic carbocycles. The van der Waals surface area contributed by atoms with Crippen molar-refractivity contribution in [1.82, 2.24) is 9.88 Å². The molecule has 0 spiro atoms. The van der Waals surface area contributed by atoms with E-state index in [2.05, 4.69) is 15.2 Å². The molecule has 3 rings (SSSR count). The summed E-state index contributed by atoms with van der Waals surface area (Å²) in [5.41, 5.74) is 5.60. The van der Waals surface area contributed by atoms with E-state index in [-0.39, 0.29) is 6.10 Å². The molecule has 2 unspecified atom stereocenters. The van der Waals surface area contributed by atoms with E-state index >= 15 is 0 Å². The summed E-state index contributed by atoms with van der Waals surface area (Å²) in [6.07, 6.45) is 4.23. The highest BCUT2D eigenvalue weighted by Crippen LogP contribution is 2.22. The zero-order valence-electron chi connectivity index (χ0n) is 11.4. The third-order valence-electron chi connectivity index (χ3n) is 4.02. The number of hydrogen-bond donors (Lipinski definition) is 2. The van der Waals surface area contributed by atoms with Crippen molar-refractivity contribution in [3.05, 3.63) is 23.9 Å². The molecule has 2 atom stereocenters. The van der Waals surface area contributed by atoms with Crippen molar-refractivity contribution in [2.75, 3.05) is 31.6 Å². The summed E-state index contributed by atoms with van der Waals surface area (Å²) in [6, 6.07) is 4.07. The number of rotatable bonds is 4. The minimum Gasteiger partial charge on any atom is -0.373 e. The predicted molar refractivity (Wildman–Crippen MR) is 75.6 cm³/mol. The summed E-state index contributed by atoms with van der Waals surface area (Å²) < 4.78 is 5.87. The molecule has 2 saturated heterocycles. The number of hydrogen-bond acceptors (Lipinski definition) is 5. The lowest BCUT2D eigenvalue weighted by atomic mass is 10.2. The summed E-state index contributed by atoms with van der Waals surface area (Å²) in [7, 11) is 0. The molecule has 3 N–H and O–H groups in total. The standard InChI is InChI=1S/C14H20N4O2/c15-14(19)10-3-4-13(16-6-10)17-7-12-8-18-5-1-2-11(18)9-20-12/h3-4,6,11-12H,1-2,5,7-9H2,(H2,15,19)(H,16,17). The topological polar surface area (TPSA) is 80.5 Å². The summed E-state index contributed by atoms with van der Waals surface area (Å²) >= 11 is 0. The molecule has 2 aliphatic heterocycles. The maximum atomic E-state index is 11.0. The van der Waals surface area contributed by atoms with E-state index in [1.165, 1.54) is 25.6 Å². The van der Waals surface area contributed by atoms with Crippen LogP contribution in [0.2, 0.25) is 0 Å². The van der Waals surface area contributed by atoms with Crippen LogP contribution >= 0.6 is 0 Å². The number of nitrogens with two attached hydrogens (primary N) is 1. The Kier molecular flexibility index (Phi) is 3.84. The van der Waals surface area contributed by atoms with Gasteiger partial charge in [-0.2, -0.15) is 0 Å². The Balaban J connectivity index is 1.50. The highest BCUT2D eigenvalue weighted by molar-refractivity contribution is 5.92. The van der Waals surface area contributed by atoms with Gasteiger partial charge in [0.05, 0.1) is 18.3 Å². The monoisotopic (exact) mass is 276 g/mol. The van der Waals surface area contributed by atoms with Crippen molar-refractivity contribution >= 4 is 11.7 Å². The summed E-state index contributed by atoms with van der Waals surface area (Å²) in [5.74, 6) is 0.280. The summed E-state index contributed by atoms with van der Waals surface area (Å²) in [5, 5.41) is 3.25. The summed E-state index contributed by atoms with van der Waals surface area (Å²) in [4.78, 5) is 17.6. The van der Waals surface area contributed by atoms with Gasteiger partial charge in [-0.15, -0.1) is 0 Å². The van der Waals surface area contributed by atoms with Gasteiger partial charge in [0.1, 0.15) is 5.82 Å². The van der Waals surface area contributed by atoms with Gasteiger partial charge in [0.2, 0.25) is 5.91 Å². The summed E-state index contributed by atoms with van der Waals surface area (Å²) in [6.45, 7) is 3.74. The molecule has 108 valence electrons. The van der Waals surface area contributed by atoms with Gasteiger partial charge in [0.15, 0.2) is 0 Å². The Bertz CT molecular complexity index is 477. The van der Waals surface area contributed by atoms with Crippen molar-refractivity contribution in [2.45, 2.75) is 25.0 Å². The van der Waals surface area contributed by atoms with Crippen LogP contribution in [0.15, 0.2) is 18.3 Å². The first-order valence-corrected chi connectivity index (χ1v) is 7.08. The normalized spacial score (nSPS) is 26.2. The smallest absolute Gasteiger partial charge is 0.250 e. The van der Waals surface area contributed by atoms with Crippen molar-refractivity contribution in [3.63, 3.8) is 0 Å². The van der Waals surface area contributed by atoms with Gasteiger partial charge in [0, 0.05) is 25.3 Å². The van der Waals surface area contributed by atoms with Crippen LogP contribution in [0.3, 0.4) is 0 Å². The Morgan fingerprint density at radius 1 is 1.55 bits per heavy atom. The number of anilines is 1. The van der Waals surface area contributed by atoms with Crippen LogP contribution in [0, 0.1) is 0 Å². The number of fused-ring (bicyclic) bond motifs is 1. The van der Waals surface area contributed by atoms with Gasteiger partial charge >= 0.3 is 0 Å². The lowest BCUT2D eigenvalue weighted by Gasteiger charge is -2.35. The molecule has 0 saturated carbocycles. The number of ether oxygens (including phenoxy) is 1. The lowest BCUT2D eigenvalue weighted by Crippen LogP contribution is -2.48. The molecule has 6 nitrogen and oxygen atoms in total. The molecule has 2 aliphatic rings. The number of carbonyl (C=O) groups excluding carboxylic acids is 1. The molecule has 0 aliphatic carbocycles. The van der Waals surface area contributed by atoms with Gasteiger partial charge in [-0.05, 0) is 31.5 Å². The van der Waals surface area contributed by atoms with Crippen molar-refractivity contribution in [2.24, 2.45) is 5.73 Å². The third-order valence-corrected chi connectivity index (χ3v) is 4.02. The molecule has 6 heteroatoms. The fraction of sp³-hybridized carbons (Fsp3) is 0.571. The number of nitrogens with zero attached hydrogens (tertiary/aromatic N) is 2. The van der Waals surface area contributed by atoms with Gasteiger partial charge in [-0.1, -0.05) is 0 Å². The van der Waals surface area contributed by atoms with Gasteiger partial charge in [0.25, 0.3) is 0 Å². The molecular formula is C14H20N4O2. The second-order valence-electron chi connectivity index (χ2n) is 5.42. The van der Waals surface area contributed by atoms with Crippen molar-refractivity contribution < 1.29 is 9.53 Å². The predicted octanol–water partition coefficient (Wildman–Crippen LogP) is 0.456. The van der Waals surface area contributed by atoms with E-state index in [0.717, 1.165) is 25.5 Å². The van der Waals surface area contributed by atoms with Crippen LogP contribution in [0.1, 0.15) is 23.2 Å². The number of nitrogens with one attached hydrogen (secondary N) is 1. The lowest BCUT2D eigenvalue weighted by molar-refractivity contribution is -0.0416. The Labute approximate surface area is 118 Å². The maximum absolute atomic E-state index is 11.0. The molecular weight excluding hydrogens is 256 g/mol. The zero-order chi connectivity index (χ0) is 13.9. The van der Waals surface area contributed by atoms with E-state index in [9.17, 15) is 4.79 Å². The van der Waals surface area contributed by atoms with Crippen molar-refractivity contribution in [3.8, 4) is 0 Å². The highest BCUT2D eigenvalue weighted by atomic mass is 16.5. The van der Waals surface area contributed by atoms with Crippen LogP contribution in [-0.2, 0) is 4.74 Å². The zero-order valence-corrected chi connectivity index (χ0v) is 11.4. The van der Waals surface area contributed by atoms with E-state index in [1.807, 2.05) is 0 Å². The first-order chi connectivity index (χ1) is 9.72. The first-order valence-electron chi connectivity index (χ1n) is 7.08. The van der Waals surface area contributed by atoms with Crippen LogP contribution in [0.4, 0.5) is 5.82 Å². The van der Waals surface area contributed by atoms with Crippen LogP contribution in [0.25, 0.3) is 0 Å². The second-order valence-corrected chi connectivity index (χ2v) is 5.42. The molecule has 1 amide bonds. The third kappa shape index (κ3) is 2.91. The Morgan fingerprint density at radius 3 is 3.20 bits per heavy atom. The number of morpholine rings is 1. The van der Waals surface area contributed by atoms with E-state index < -0.39 is 5.91 Å². The Morgan fingerprint density at radius 2 is 2.45 bits per heavy atom. The van der Waals surface area contributed by atoms with Gasteiger partial charge in [-0.25, -0.2) is 4.98 Å². The molecule has 1 aromatic rings. The highest BCUT2D eigenvalue weighted by Gasteiger charge is 2.31. The van der Waals surface area contributed by atoms with Gasteiger partial charge in [-0.3, -0.25) is 9.69 Å². The van der Waals surface area contributed by atoms with Crippen LogP contribution in [0.5, 0.6) is 0 Å². The minimum absolute atomic E-state index is 0.196. The number of carbonyl (C=O) groups is 1. The average molecular weight is 276 g/mol. The minimum atomic E-state index is -0.459. The van der Waals surface area contributed by atoms with Crippen molar-refractivity contribution in [1.29, 1.82) is 0 Å². The molecule has 3 heterocycles. The quantitative estimate of drug-likeness (QED) is 0.835. The van der Waals surface area contributed by atoms with E-state index in [4.69, 9.17) is 10.5 Å². The molecule has 0 radical (unpaired) electrons. The van der Waals surface area contributed by atoms with E-state index in [1.54, 1.807) is 12.1 Å². The fourth-order valence-corrected chi connectivity index (χ4v) is 2.87. The van der Waals surface area contributed by atoms with E-state index in [0.29, 0.717) is 11.6 Å². The van der Waals surface area contributed by atoms with Crippen LogP contribution in [-0.4, -0.2) is 54.2 Å².